The van der Waals surface area contributed by atoms with Crippen molar-refractivity contribution in [3.8, 4) is 5.75 Å². The van der Waals surface area contributed by atoms with Crippen molar-refractivity contribution in [3.05, 3.63) is 28.2 Å². The zero-order valence-electron chi connectivity index (χ0n) is 9.82. The summed E-state index contributed by atoms with van der Waals surface area (Å²) in [5.74, 6) is 0.500. The van der Waals surface area contributed by atoms with Crippen LogP contribution >= 0.6 is 23.2 Å². The second-order valence-electron chi connectivity index (χ2n) is 3.92. The summed E-state index contributed by atoms with van der Waals surface area (Å²) in [6.45, 7) is 4.18. The third-order valence-corrected chi connectivity index (χ3v) is 2.48. The van der Waals surface area contributed by atoms with Crippen molar-refractivity contribution in [2.75, 3.05) is 13.2 Å². The Morgan fingerprint density at radius 2 is 1.94 bits per heavy atom. The van der Waals surface area contributed by atoms with Crippen LogP contribution in [0.5, 0.6) is 5.75 Å². The number of ether oxygens (including phenoxy) is 2. The lowest BCUT2D eigenvalue weighted by Gasteiger charge is -2.15. The number of hydrogen-bond donors (Lipinski definition) is 1. The Kier molecular flexibility index (Phi) is 6.06. The second kappa shape index (κ2) is 7.07. The predicted molar refractivity (Wildman–Crippen MR) is 69.1 cm³/mol. The molecule has 0 heterocycles. The fourth-order valence-corrected chi connectivity index (χ4v) is 1.59. The van der Waals surface area contributed by atoms with E-state index >= 15 is 0 Å². The maximum absolute atomic E-state index is 9.59. The minimum Gasteiger partial charge on any atom is -0.489 e. The summed E-state index contributed by atoms with van der Waals surface area (Å²) in [7, 11) is 0. The number of benzene rings is 1. The summed E-state index contributed by atoms with van der Waals surface area (Å²) < 4.78 is 10.6. The predicted octanol–water partition coefficient (Wildman–Crippen LogP) is 3.16. The van der Waals surface area contributed by atoms with E-state index in [9.17, 15) is 5.11 Å². The maximum atomic E-state index is 9.59. The van der Waals surface area contributed by atoms with Gasteiger partial charge in [-0.2, -0.15) is 0 Å². The van der Waals surface area contributed by atoms with E-state index in [1.807, 2.05) is 13.8 Å². The smallest absolute Gasteiger partial charge is 0.138 e. The highest BCUT2D eigenvalue weighted by molar-refractivity contribution is 6.35. The lowest BCUT2D eigenvalue weighted by molar-refractivity contribution is -0.0122. The van der Waals surface area contributed by atoms with Crippen molar-refractivity contribution in [1.29, 1.82) is 0 Å². The van der Waals surface area contributed by atoms with Crippen LogP contribution in [0.3, 0.4) is 0 Å². The van der Waals surface area contributed by atoms with E-state index in [1.165, 1.54) is 0 Å². The van der Waals surface area contributed by atoms with E-state index < -0.39 is 6.10 Å². The Bertz CT molecular complexity index is 356. The van der Waals surface area contributed by atoms with Gasteiger partial charge in [0.25, 0.3) is 0 Å². The van der Waals surface area contributed by atoms with Crippen LogP contribution in [0.15, 0.2) is 18.2 Å². The molecule has 1 N–H and O–H groups in total. The second-order valence-corrected chi connectivity index (χ2v) is 4.77. The van der Waals surface area contributed by atoms with Gasteiger partial charge < -0.3 is 14.6 Å². The molecule has 0 bridgehead atoms. The van der Waals surface area contributed by atoms with Crippen molar-refractivity contribution in [1.82, 2.24) is 0 Å². The molecular weight excluding hydrogens is 263 g/mol. The minimum atomic E-state index is -0.677. The van der Waals surface area contributed by atoms with Crippen molar-refractivity contribution in [3.63, 3.8) is 0 Å². The topological polar surface area (TPSA) is 38.7 Å². The molecule has 0 amide bonds. The first kappa shape index (κ1) is 14.6. The first-order valence-electron chi connectivity index (χ1n) is 5.36. The zero-order chi connectivity index (χ0) is 12.8. The Balaban J connectivity index is 2.39. The normalized spacial score (nSPS) is 12.8. The number of aliphatic hydroxyl groups is 1. The first-order valence-corrected chi connectivity index (χ1v) is 6.12. The van der Waals surface area contributed by atoms with Gasteiger partial charge in [0, 0.05) is 5.02 Å². The SMILES string of the molecule is CC(C)OCC(O)COc1ccc(Cl)cc1Cl. The molecule has 17 heavy (non-hydrogen) atoms. The highest BCUT2D eigenvalue weighted by Gasteiger charge is 2.08. The summed E-state index contributed by atoms with van der Waals surface area (Å²) >= 11 is 11.7. The molecule has 0 aromatic heterocycles. The van der Waals surface area contributed by atoms with Gasteiger partial charge in [-0.1, -0.05) is 23.2 Å². The van der Waals surface area contributed by atoms with Gasteiger partial charge in [-0.05, 0) is 32.0 Å². The van der Waals surface area contributed by atoms with Crippen molar-refractivity contribution in [2.45, 2.75) is 26.1 Å². The summed E-state index contributed by atoms with van der Waals surface area (Å²) in [5, 5.41) is 10.6. The fourth-order valence-electron chi connectivity index (χ4n) is 1.13. The number of hydrogen-bond acceptors (Lipinski definition) is 3. The van der Waals surface area contributed by atoms with E-state index in [0.717, 1.165) is 0 Å². The average molecular weight is 279 g/mol. The van der Waals surface area contributed by atoms with E-state index in [0.29, 0.717) is 15.8 Å². The van der Waals surface area contributed by atoms with Gasteiger partial charge in [0.1, 0.15) is 18.5 Å². The van der Waals surface area contributed by atoms with E-state index in [4.69, 9.17) is 32.7 Å². The zero-order valence-corrected chi connectivity index (χ0v) is 11.3. The molecular formula is C12H16Cl2O3. The van der Waals surface area contributed by atoms with Crippen LogP contribution in [0.25, 0.3) is 0 Å². The molecule has 3 nitrogen and oxygen atoms in total. The summed E-state index contributed by atoms with van der Waals surface area (Å²) in [4.78, 5) is 0. The third-order valence-electron chi connectivity index (χ3n) is 1.95. The Morgan fingerprint density at radius 1 is 1.24 bits per heavy atom. The quantitative estimate of drug-likeness (QED) is 0.869. The summed E-state index contributed by atoms with van der Waals surface area (Å²) in [6.07, 6.45) is -0.590. The molecule has 1 rings (SSSR count). The van der Waals surface area contributed by atoms with Crippen LogP contribution in [0.2, 0.25) is 10.0 Å². The largest absolute Gasteiger partial charge is 0.489 e. The number of aliphatic hydroxyl groups excluding tert-OH is 1. The Hall–Kier alpha value is -0.480. The average Bonchev–Trinajstić information content (AvgIpc) is 2.25. The molecule has 1 aromatic rings. The maximum Gasteiger partial charge on any atom is 0.138 e. The number of halogens is 2. The van der Waals surface area contributed by atoms with Gasteiger partial charge >= 0.3 is 0 Å². The van der Waals surface area contributed by atoms with Crippen LogP contribution in [0.1, 0.15) is 13.8 Å². The van der Waals surface area contributed by atoms with Gasteiger partial charge in [-0.3, -0.25) is 0 Å². The van der Waals surface area contributed by atoms with Crippen LogP contribution in [0.4, 0.5) is 0 Å². The minimum absolute atomic E-state index is 0.0868. The van der Waals surface area contributed by atoms with Crippen molar-refractivity contribution < 1.29 is 14.6 Å². The molecule has 0 aliphatic heterocycles. The van der Waals surface area contributed by atoms with Gasteiger partial charge in [0.05, 0.1) is 17.7 Å². The van der Waals surface area contributed by atoms with Crippen LogP contribution in [-0.4, -0.2) is 30.5 Å². The van der Waals surface area contributed by atoms with Crippen LogP contribution in [-0.2, 0) is 4.74 Å². The highest BCUT2D eigenvalue weighted by Crippen LogP contribution is 2.27. The van der Waals surface area contributed by atoms with Crippen molar-refractivity contribution >= 4 is 23.2 Å². The summed E-state index contributed by atoms with van der Waals surface area (Å²) in [5.41, 5.74) is 0. The highest BCUT2D eigenvalue weighted by atomic mass is 35.5. The van der Waals surface area contributed by atoms with Gasteiger partial charge in [-0.15, -0.1) is 0 Å². The summed E-state index contributed by atoms with van der Waals surface area (Å²) in [6, 6.07) is 4.94. The first-order chi connectivity index (χ1) is 7.99. The molecule has 5 heteroatoms. The lowest BCUT2D eigenvalue weighted by Crippen LogP contribution is -2.25. The molecule has 0 saturated carbocycles. The van der Waals surface area contributed by atoms with E-state index in [2.05, 4.69) is 0 Å². The Labute approximate surface area is 111 Å². The standard InChI is InChI=1S/C12H16Cl2O3/c1-8(2)16-6-10(15)7-17-12-4-3-9(13)5-11(12)14/h3-5,8,10,15H,6-7H2,1-2H3. The van der Waals surface area contributed by atoms with Crippen molar-refractivity contribution in [2.24, 2.45) is 0 Å². The molecule has 1 unspecified atom stereocenters. The van der Waals surface area contributed by atoms with E-state index in [1.54, 1.807) is 18.2 Å². The molecule has 0 aliphatic carbocycles. The molecule has 0 radical (unpaired) electrons. The lowest BCUT2D eigenvalue weighted by atomic mass is 10.3. The van der Waals surface area contributed by atoms with Gasteiger partial charge in [0.2, 0.25) is 0 Å². The van der Waals surface area contributed by atoms with Crippen LogP contribution in [0, 0.1) is 0 Å². The molecule has 0 spiro atoms. The molecule has 96 valence electrons. The molecule has 0 fully saturated rings. The molecule has 0 saturated heterocycles. The third kappa shape index (κ3) is 5.59. The van der Waals surface area contributed by atoms with E-state index in [-0.39, 0.29) is 19.3 Å². The fraction of sp³-hybridized carbons (Fsp3) is 0.500. The molecule has 1 atom stereocenters. The Morgan fingerprint density at radius 3 is 2.53 bits per heavy atom. The monoisotopic (exact) mass is 278 g/mol. The molecule has 1 aromatic carbocycles. The molecule has 0 aliphatic rings. The number of rotatable bonds is 6. The van der Waals surface area contributed by atoms with Gasteiger partial charge in [-0.25, -0.2) is 0 Å². The van der Waals surface area contributed by atoms with Crippen LogP contribution < -0.4 is 4.74 Å². The van der Waals surface area contributed by atoms with Gasteiger partial charge in [0.15, 0.2) is 0 Å².